The second kappa shape index (κ2) is 12.8. The number of carbonyl (C=O) groups is 2. The fourth-order valence-electron chi connectivity index (χ4n) is 5.13. The number of rotatable bonds is 10. The molecule has 0 radical (unpaired) electrons. The maximum Gasteiger partial charge on any atom is 0.305 e. The number of aryl methyl sites for hydroxylation is 1. The summed E-state index contributed by atoms with van der Waals surface area (Å²) in [6.45, 7) is 2.43. The van der Waals surface area contributed by atoms with Crippen LogP contribution in [0.4, 0.5) is 0 Å². The SMILES string of the molecule is CCc1sc(C2=CCSCC2)cc1C(Oc1ccc(C(=O)N(C)CCC(=O)O)cc1)C1CCCCC1. The van der Waals surface area contributed by atoms with Gasteiger partial charge in [-0.1, -0.05) is 32.3 Å². The zero-order chi connectivity index (χ0) is 25.5. The number of hydrogen-bond donors (Lipinski definition) is 1. The summed E-state index contributed by atoms with van der Waals surface area (Å²) in [5.41, 5.74) is 3.37. The summed E-state index contributed by atoms with van der Waals surface area (Å²) in [5, 5.41) is 8.89. The van der Waals surface area contributed by atoms with Gasteiger partial charge in [0.15, 0.2) is 0 Å². The molecule has 1 aliphatic carbocycles. The molecular weight excluding hydrogens is 490 g/mol. The van der Waals surface area contributed by atoms with E-state index in [0.29, 0.717) is 11.5 Å². The fraction of sp³-hybridized carbons (Fsp3) is 0.517. The van der Waals surface area contributed by atoms with Crippen molar-refractivity contribution in [1.29, 1.82) is 0 Å². The van der Waals surface area contributed by atoms with Gasteiger partial charge in [0.05, 0.1) is 6.42 Å². The Morgan fingerprint density at radius 2 is 1.92 bits per heavy atom. The van der Waals surface area contributed by atoms with E-state index in [-0.39, 0.29) is 25.0 Å². The van der Waals surface area contributed by atoms with Gasteiger partial charge in [0.1, 0.15) is 11.9 Å². The minimum Gasteiger partial charge on any atom is -0.485 e. The first-order valence-electron chi connectivity index (χ1n) is 13.1. The van der Waals surface area contributed by atoms with Crippen LogP contribution in [0.25, 0.3) is 5.57 Å². The van der Waals surface area contributed by atoms with E-state index < -0.39 is 5.97 Å². The molecule has 1 atom stereocenters. The number of aliphatic carboxylic acids is 1. The maximum absolute atomic E-state index is 12.7. The van der Waals surface area contributed by atoms with Gasteiger partial charge in [0, 0.05) is 46.1 Å². The third-order valence-corrected chi connectivity index (χ3v) is 9.47. The highest BCUT2D eigenvalue weighted by atomic mass is 32.2. The van der Waals surface area contributed by atoms with E-state index in [1.54, 1.807) is 19.2 Å². The molecule has 1 fully saturated rings. The number of hydrogen-bond acceptors (Lipinski definition) is 5. The van der Waals surface area contributed by atoms with E-state index in [4.69, 9.17) is 9.84 Å². The van der Waals surface area contributed by atoms with Crippen molar-refractivity contribution in [2.45, 2.75) is 64.4 Å². The molecule has 4 rings (SSSR count). The molecule has 1 unspecified atom stereocenters. The molecule has 7 heteroatoms. The highest BCUT2D eigenvalue weighted by molar-refractivity contribution is 7.99. The average molecular weight is 528 g/mol. The van der Waals surface area contributed by atoms with Crippen LogP contribution in [-0.2, 0) is 11.2 Å². The molecule has 1 aliphatic heterocycles. The molecule has 194 valence electrons. The third kappa shape index (κ3) is 6.74. The Morgan fingerprint density at radius 3 is 2.56 bits per heavy atom. The van der Waals surface area contributed by atoms with Crippen molar-refractivity contribution in [2.75, 3.05) is 25.1 Å². The lowest BCUT2D eigenvalue weighted by molar-refractivity contribution is -0.137. The summed E-state index contributed by atoms with van der Waals surface area (Å²) < 4.78 is 6.74. The standard InChI is InChI=1S/C29H37NO4S2/c1-3-25-24(19-26(36-25)20-14-17-35-18-15-20)28(21-7-5-4-6-8-21)34-23-11-9-22(10-12-23)29(33)30(2)16-13-27(31)32/h9-12,14,19,21,28H,3-8,13,15-18H2,1-2H3,(H,31,32). The quantitative estimate of drug-likeness (QED) is 0.358. The maximum atomic E-state index is 12.7. The van der Waals surface area contributed by atoms with Crippen molar-refractivity contribution in [3.05, 3.63) is 57.3 Å². The molecule has 1 aromatic carbocycles. The van der Waals surface area contributed by atoms with Crippen molar-refractivity contribution in [3.63, 3.8) is 0 Å². The Bertz CT molecular complexity index is 1070. The number of thioether (sulfide) groups is 1. The number of carbonyl (C=O) groups excluding carboxylic acids is 1. The molecule has 0 bridgehead atoms. The van der Waals surface area contributed by atoms with Crippen LogP contribution in [0.15, 0.2) is 36.4 Å². The summed E-state index contributed by atoms with van der Waals surface area (Å²) >= 11 is 3.94. The summed E-state index contributed by atoms with van der Waals surface area (Å²) in [6, 6.07) is 9.75. The van der Waals surface area contributed by atoms with Crippen molar-refractivity contribution in [1.82, 2.24) is 4.90 Å². The summed E-state index contributed by atoms with van der Waals surface area (Å²) in [5.74, 6) is 2.47. The van der Waals surface area contributed by atoms with Gasteiger partial charge in [0.25, 0.3) is 5.91 Å². The Labute approximate surface area is 222 Å². The lowest BCUT2D eigenvalue weighted by Gasteiger charge is -2.31. The Hall–Kier alpha value is -2.25. The summed E-state index contributed by atoms with van der Waals surface area (Å²) in [7, 11) is 1.63. The van der Waals surface area contributed by atoms with Crippen molar-refractivity contribution in [3.8, 4) is 5.75 Å². The van der Waals surface area contributed by atoms with Gasteiger partial charge in [0.2, 0.25) is 0 Å². The molecule has 1 amide bonds. The average Bonchev–Trinajstić information content (AvgIpc) is 3.35. The van der Waals surface area contributed by atoms with E-state index in [2.05, 4.69) is 19.1 Å². The highest BCUT2D eigenvalue weighted by Gasteiger charge is 2.30. The molecule has 1 N–H and O–H groups in total. The van der Waals surface area contributed by atoms with Crippen LogP contribution in [0.3, 0.4) is 0 Å². The largest absolute Gasteiger partial charge is 0.485 e. The first kappa shape index (κ1) is 26.8. The predicted octanol–water partition coefficient (Wildman–Crippen LogP) is 7.08. The fourth-order valence-corrected chi connectivity index (χ4v) is 7.18. The first-order valence-corrected chi connectivity index (χ1v) is 15.1. The van der Waals surface area contributed by atoms with Crippen LogP contribution in [0.1, 0.15) is 83.6 Å². The van der Waals surface area contributed by atoms with Crippen molar-refractivity contribution in [2.24, 2.45) is 5.92 Å². The lowest BCUT2D eigenvalue weighted by Crippen LogP contribution is -2.29. The monoisotopic (exact) mass is 527 g/mol. The number of benzene rings is 1. The molecular formula is C29H37NO4S2. The first-order chi connectivity index (χ1) is 17.5. The van der Waals surface area contributed by atoms with Crippen LogP contribution in [0, 0.1) is 5.92 Å². The number of thiophene rings is 1. The minimum atomic E-state index is -0.908. The number of amides is 1. The number of ether oxygens (including phenoxy) is 1. The van der Waals surface area contributed by atoms with E-state index in [9.17, 15) is 9.59 Å². The highest BCUT2D eigenvalue weighted by Crippen LogP contribution is 2.43. The molecule has 1 aromatic heterocycles. The van der Waals surface area contributed by atoms with Crippen molar-refractivity contribution >= 4 is 40.5 Å². The van der Waals surface area contributed by atoms with Gasteiger partial charge < -0.3 is 14.7 Å². The van der Waals surface area contributed by atoms with Gasteiger partial charge in [-0.05, 0) is 67.3 Å². The Kier molecular flexibility index (Phi) is 9.54. The normalized spacial score (nSPS) is 17.3. The van der Waals surface area contributed by atoms with Gasteiger partial charge in [-0.3, -0.25) is 9.59 Å². The second-order valence-electron chi connectivity index (χ2n) is 9.73. The summed E-state index contributed by atoms with van der Waals surface area (Å²) in [4.78, 5) is 27.8. The smallest absolute Gasteiger partial charge is 0.305 e. The van der Waals surface area contributed by atoms with Crippen LogP contribution in [0.5, 0.6) is 5.75 Å². The molecule has 2 heterocycles. The van der Waals surface area contributed by atoms with Gasteiger partial charge >= 0.3 is 5.97 Å². The topological polar surface area (TPSA) is 66.8 Å². The van der Waals surface area contributed by atoms with E-state index >= 15 is 0 Å². The number of carboxylic acid groups (broad SMARTS) is 1. The van der Waals surface area contributed by atoms with Crippen LogP contribution < -0.4 is 4.74 Å². The van der Waals surface area contributed by atoms with Crippen molar-refractivity contribution < 1.29 is 19.4 Å². The second-order valence-corrected chi connectivity index (χ2v) is 12.0. The number of carboxylic acids is 1. The third-order valence-electron chi connectivity index (χ3n) is 7.20. The van der Waals surface area contributed by atoms with Crippen LogP contribution >= 0.6 is 23.1 Å². The van der Waals surface area contributed by atoms with E-state index in [1.165, 1.54) is 63.6 Å². The molecule has 2 aliphatic rings. The zero-order valence-corrected chi connectivity index (χ0v) is 23.0. The molecule has 36 heavy (non-hydrogen) atoms. The lowest BCUT2D eigenvalue weighted by atomic mass is 9.82. The Morgan fingerprint density at radius 1 is 1.17 bits per heavy atom. The number of allylic oxidation sites excluding steroid dienone is 1. The van der Waals surface area contributed by atoms with E-state index in [1.807, 2.05) is 35.2 Å². The van der Waals surface area contributed by atoms with Gasteiger partial charge in [-0.25, -0.2) is 0 Å². The van der Waals surface area contributed by atoms with E-state index in [0.717, 1.165) is 24.3 Å². The molecule has 0 spiro atoms. The summed E-state index contributed by atoms with van der Waals surface area (Å²) in [6.07, 6.45) is 10.7. The van der Waals surface area contributed by atoms with Gasteiger partial charge in [-0.15, -0.1) is 11.3 Å². The van der Waals surface area contributed by atoms with Gasteiger partial charge in [-0.2, -0.15) is 11.8 Å². The molecule has 1 saturated carbocycles. The number of nitrogens with zero attached hydrogens (tertiary/aromatic N) is 1. The molecule has 0 saturated heterocycles. The Balaban J connectivity index is 1.55. The molecule has 2 aromatic rings. The van der Waals surface area contributed by atoms with Crippen LogP contribution in [-0.4, -0.2) is 47.0 Å². The van der Waals surface area contributed by atoms with Crippen LogP contribution in [0.2, 0.25) is 0 Å². The minimum absolute atomic E-state index is 0.0172. The zero-order valence-electron chi connectivity index (χ0n) is 21.3. The predicted molar refractivity (Wildman–Crippen MR) is 149 cm³/mol. The molecule has 5 nitrogen and oxygen atoms in total.